The molecule has 0 aliphatic rings. The number of hydrogen-bond donors (Lipinski definition) is 1. The predicted octanol–water partition coefficient (Wildman–Crippen LogP) is 2.10. The van der Waals surface area contributed by atoms with Gasteiger partial charge in [-0.1, -0.05) is 26.0 Å². The van der Waals surface area contributed by atoms with Gasteiger partial charge >= 0.3 is 5.69 Å². The predicted molar refractivity (Wildman–Crippen MR) is 79.6 cm³/mol. The van der Waals surface area contributed by atoms with Gasteiger partial charge in [-0.05, 0) is 19.2 Å². The number of nitro groups is 1. The van der Waals surface area contributed by atoms with Crippen molar-refractivity contribution in [1.82, 2.24) is 4.90 Å². The van der Waals surface area contributed by atoms with Crippen LogP contribution in [-0.2, 0) is 0 Å². The van der Waals surface area contributed by atoms with Crippen molar-refractivity contribution in [3.05, 3.63) is 34.4 Å². The Bertz CT molecular complexity index is 413. The Labute approximate surface area is 124 Å². The maximum atomic E-state index is 10.8. The minimum atomic E-state index is -0.667. The van der Waals surface area contributed by atoms with E-state index in [1.54, 1.807) is 12.1 Å². The molecule has 114 valence electrons. The largest absolute Gasteiger partial charge is 0.484 e. The maximum Gasteiger partial charge on any atom is 0.310 e. The number of para-hydroxylation sites is 2. The molecule has 0 amide bonds. The van der Waals surface area contributed by atoms with E-state index in [0.29, 0.717) is 6.54 Å². The molecule has 20 heavy (non-hydrogen) atoms. The van der Waals surface area contributed by atoms with Crippen LogP contribution in [0.25, 0.3) is 0 Å². The van der Waals surface area contributed by atoms with Crippen molar-refractivity contribution in [3.63, 3.8) is 0 Å². The first-order chi connectivity index (χ1) is 9.08. The van der Waals surface area contributed by atoms with Crippen LogP contribution in [0, 0.1) is 10.1 Å². The molecule has 0 radical (unpaired) electrons. The molecule has 1 atom stereocenters. The van der Waals surface area contributed by atoms with E-state index >= 15 is 0 Å². The molecule has 0 fully saturated rings. The van der Waals surface area contributed by atoms with Gasteiger partial charge in [0.1, 0.15) is 12.7 Å². The molecule has 1 aromatic rings. The van der Waals surface area contributed by atoms with Crippen LogP contribution >= 0.6 is 12.4 Å². The number of likely N-dealkylation sites (N-methyl/N-ethyl adjacent to an activating group) is 1. The van der Waals surface area contributed by atoms with Gasteiger partial charge in [0.05, 0.1) is 4.92 Å². The molecule has 1 N–H and O–H groups in total. The quantitative estimate of drug-likeness (QED) is 0.588. The number of ether oxygens (including phenoxy) is 1. The Balaban J connectivity index is 0.00000361. The van der Waals surface area contributed by atoms with Gasteiger partial charge in [0.25, 0.3) is 0 Å². The summed E-state index contributed by atoms with van der Waals surface area (Å²) >= 11 is 0. The molecule has 6 nitrogen and oxygen atoms in total. The zero-order valence-electron chi connectivity index (χ0n) is 11.7. The van der Waals surface area contributed by atoms with Gasteiger partial charge in [0.2, 0.25) is 0 Å². The molecule has 0 aromatic heterocycles. The Kier molecular flexibility index (Phi) is 8.87. The van der Waals surface area contributed by atoms with Crippen LogP contribution in [0.4, 0.5) is 5.69 Å². The van der Waals surface area contributed by atoms with Crippen LogP contribution in [-0.4, -0.2) is 47.3 Å². The van der Waals surface area contributed by atoms with E-state index in [2.05, 4.69) is 4.90 Å². The molecule has 0 bridgehead atoms. The highest BCUT2D eigenvalue weighted by atomic mass is 35.5. The summed E-state index contributed by atoms with van der Waals surface area (Å²) in [5, 5.41) is 20.6. The summed E-state index contributed by atoms with van der Waals surface area (Å²) in [6, 6.07) is 6.16. The summed E-state index contributed by atoms with van der Waals surface area (Å²) < 4.78 is 5.33. The zero-order chi connectivity index (χ0) is 14.3. The maximum absolute atomic E-state index is 10.8. The lowest BCUT2D eigenvalue weighted by atomic mass is 10.3. The number of nitro benzene ring substituents is 1. The van der Waals surface area contributed by atoms with E-state index in [-0.39, 0.29) is 30.5 Å². The monoisotopic (exact) mass is 304 g/mol. The van der Waals surface area contributed by atoms with Crippen molar-refractivity contribution in [1.29, 1.82) is 0 Å². The number of aliphatic hydroxyl groups is 1. The fourth-order valence-electron chi connectivity index (χ4n) is 1.75. The van der Waals surface area contributed by atoms with Gasteiger partial charge in [-0.25, -0.2) is 0 Å². The first kappa shape index (κ1) is 18.6. The highest BCUT2D eigenvalue weighted by molar-refractivity contribution is 5.85. The summed E-state index contributed by atoms with van der Waals surface area (Å²) in [4.78, 5) is 12.4. The first-order valence-electron chi connectivity index (χ1n) is 6.35. The van der Waals surface area contributed by atoms with Crippen molar-refractivity contribution < 1.29 is 14.8 Å². The summed E-state index contributed by atoms with van der Waals surface area (Å²) in [6.07, 6.45) is -0.667. The highest BCUT2D eigenvalue weighted by Gasteiger charge is 2.16. The van der Waals surface area contributed by atoms with Gasteiger partial charge in [-0.15, -0.1) is 12.4 Å². The van der Waals surface area contributed by atoms with E-state index in [1.165, 1.54) is 12.1 Å². The molecule has 0 heterocycles. The summed E-state index contributed by atoms with van der Waals surface area (Å²) in [6.45, 7) is 6.26. The Morgan fingerprint density at radius 1 is 1.35 bits per heavy atom. The van der Waals surface area contributed by atoms with Gasteiger partial charge < -0.3 is 14.7 Å². The number of rotatable bonds is 8. The zero-order valence-corrected chi connectivity index (χ0v) is 12.5. The second kappa shape index (κ2) is 9.52. The van der Waals surface area contributed by atoms with E-state index in [1.807, 2.05) is 13.8 Å². The second-order valence-electron chi connectivity index (χ2n) is 4.18. The number of nitrogens with zero attached hydrogens (tertiary/aromatic N) is 2. The van der Waals surface area contributed by atoms with Gasteiger partial charge in [-0.2, -0.15) is 0 Å². The summed E-state index contributed by atoms with van der Waals surface area (Å²) in [5.74, 6) is 0.186. The Morgan fingerprint density at radius 2 is 1.95 bits per heavy atom. The second-order valence-corrected chi connectivity index (χ2v) is 4.18. The van der Waals surface area contributed by atoms with Crippen molar-refractivity contribution in [3.8, 4) is 5.75 Å². The van der Waals surface area contributed by atoms with Gasteiger partial charge in [0.15, 0.2) is 5.75 Å². The molecule has 7 heteroatoms. The van der Waals surface area contributed by atoms with E-state index < -0.39 is 11.0 Å². The Morgan fingerprint density at radius 3 is 2.50 bits per heavy atom. The molecule has 0 spiro atoms. The number of hydrogen-bond acceptors (Lipinski definition) is 5. The fraction of sp³-hybridized carbons (Fsp3) is 0.538. The lowest BCUT2D eigenvalue weighted by molar-refractivity contribution is -0.385. The van der Waals surface area contributed by atoms with Crippen LogP contribution in [0.5, 0.6) is 5.75 Å². The van der Waals surface area contributed by atoms with Crippen molar-refractivity contribution in [2.24, 2.45) is 0 Å². The third-order valence-corrected chi connectivity index (χ3v) is 2.86. The molecular formula is C13H21ClN2O4. The number of benzene rings is 1. The third kappa shape index (κ3) is 5.73. The van der Waals surface area contributed by atoms with Crippen LogP contribution in [0.2, 0.25) is 0 Å². The van der Waals surface area contributed by atoms with E-state index in [4.69, 9.17) is 4.74 Å². The van der Waals surface area contributed by atoms with Crippen LogP contribution in [0.1, 0.15) is 13.8 Å². The standard InChI is InChI=1S/C13H20N2O4.ClH/c1-3-14(4-2)9-11(16)10-19-13-8-6-5-7-12(13)15(17)18;/h5-8,11,16H,3-4,9-10H2,1-2H3;1H. The van der Waals surface area contributed by atoms with Crippen molar-refractivity contribution >= 4 is 18.1 Å². The fourth-order valence-corrected chi connectivity index (χ4v) is 1.75. The molecule has 1 aromatic carbocycles. The van der Waals surface area contributed by atoms with Gasteiger partial charge in [-0.3, -0.25) is 10.1 Å². The summed E-state index contributed by atoms with van der Waals surface area (Å²) in [7, 11) is 0. The molecule has 1 rings (SSSR count). The normalized spacial score (nSPS) is 11.8. The lowest BCUT2D eigenvalue weighted by Gasteiger charge is -2.21. The van der Waals surface area contributed by atoms with Crippen molar-refractivity contribution in [2.75, 3.05) is 26.2 Å². The number of halogens is 1. The average Bonchev–Trinajstić information content (AvgIpc) is 2.42. The molecule has 0 saturated carbocycles. The lowest BCUT2D eigenvalue weighted by Crippen LogP contribution is -2.35. The third-order valence-electron chi connectivity index (χ3n) is 2.86. The Hall–Kier alpha value is -1.37. The average molecular weight is 305 g/mol. The van der Waals surface area contributed by atoms with Crippen LogP contribution in [0.3, 0.4) is 0 Å². The van der Waals surface area contributed by atoms with E-state index in [0.717, 1.165) is 13.1 Å². The van der Waals surface area contributed by atoms with Crippen molar-refractivity contribution in [2.45, 2.75) is 20.0 Å². The SMILES string of the molecule is CCN(CC)CC(O)COc1ccccc1[N+](=O)[O-].Cl. The smallest absolute Gasteiger partial charge is 0.310 e. The minimum Gasteiger partial charge on any atom is -0.484 e. The van der Waals surface area contributed by atoms with Crippen LogP contribution in [0.15, 0.2) is 24.3 Å². The minimum absolute atomic E-state index is 0. The molecule has 0 aliphatic heterocycles. The van der Waals surface area contributed by atoms with Gasteiger partial charge in [0, 0.05) is 12.6 Å². The molecule has 0 saturated heterocycles. The first-order valence-corrected chi connectivity index (χ1v) is 6.35. The summed E-state index contributed by atoms with van der Waals surface area (Å²) in [5.41, 5.74) is -0.0856. The van der Waals surface area contributed by atoms with Crippen LogP contribution < -0.4 is 4.74 Å². The number of aliphatic hydroxyl groups excluding tert-OH is 1. The highest BCUT2D eigenvalue weighted by Crippen LogP contribution is 2.25. The topological polar surface area (TPSA) is 75.8 Å². The molecular weight excluding hydrogens is 284 g/mol. The molecule has 1 unspecified atom stereocenters. The molecule has 0 aliphatic carbocycles. The van der Waals surface area contributed by atoms with E-state index in [9.17, 15) is 15.2 Å².